The zero-order valence-electron chi connectivity index (χ0n) is 14.1. The summed E-state index contributed by atoms with van der Waals surface area (Å²) in [6.07, 6.45) is 1.89. The molecule has 0 aromatic heterocycles. The van der Waals surface area contributed by atoms with Crippen molar-refractivity contribution in [3.63, 3.8) is 0 Å². The van der Waals surface area contributed by atoms with E-state index in [0.717, 1.165) is 17.1 Å². The summed E-state index contributed by atoms with van der Waals surface area (Å²) in [5.74, 6) is 0.541. The van der Waals surface area contributed by atoms with E-state index in [0.29, 0.717) is 30.3 Å². The first-order chi connectivity index (χ1) is 12.0. The Labute approximate surface area is 147 Å². The number of hydrogen-bond donors (Lipinski definition) is 1. The zero-order chi connectivity index (χ0) is 17.9. The van der Waals surface area contributed by atoms with E-state index in [9.17, 15) is 13.2 Å². The van der Waals surface area contributed by atoms with Crippen molar-refractivity contribution in [2.45, 2.75) is 25.9 Å². The van der Waals surface area contributed by atoms with Gasteiger partial charge in [-0.25, -0.2) is 8.42 Å². The molecule has 0 bridgehead atoms. The number of fused-ring (bicyclic) bond motifs is 1. The molecule has 2 heterocycles. The van der Waals surface area contributed by atoms with Crippen molar-refractivity contribution in [3.8, 4) is 11.5 Å². The Balaban J connectivity index is 1.72. The van der Waals surface area contributed by atoms with Crippen molar-refractivity contribution in [2.75, 3.05) is 36.5 Å². The third kappa shape index (κ3) is 4.16. The van der Waals surface area contributed by atoms with Crippen molar-refractivity contribution in [1.29, 1.82) is 0 Å². The third-order valence-electron chi connectivity index (χ3n) is 4.18. The second-order valence-corrected chi connectivity index (χ2v) is 8.07. The van der Waals surface area contributed by atoms with Crippen LogP contribution in [-0.2, 0) is 19.6 Å². The molecule has 25 heavy (non-hydrogen) atoms. The summed E-state index contributed by atoms with van der Waals surface area (Å²) in [6.45, 7) is 2.44. The van der Waals surface area contributed by atoms with Crippen LogP contribution >= 0.6 is 0 Å². The van der Waals surface area contributed by atoms with Gasteiger partial charge in [-0.15, -0.1) is 0 Å². The lowest BCUT2D eigenvalue weighted by molar-refractivity contribution is -0.120. The molecule has 0 radical (unpaired) electrons. The van der Waals surface area contributed by atoms with Crippen LogP contribution in [0.3, 0.4) is 0 Å². The van der Waals surface area contributed by atoms with Crippen LogP contribution in [0.25, 0.3) is 0 Å². The minimum atomic E-state index is -3.62. The van der Waals surface area contributed by atoms with Gasteiger partial charge in [0.25, 0.3) is 0 Å². The Morgan fingerprint density at radius 3 is 2.84 bits per heavy atom. The normalized spacial score (nSPS) is 19.0. The van der Waals surface area contributed by atoms with Gasteiger partial charge >= 0.3 is 0 Å². The summed E-state index contributed by atoms with van der Waals surface area (Å²) in [4.78, 5) is 12.3. The third-order valence-corrected chi connectivity index (χ3v) is 5.92. The maximum Gasteiger partial charge on any atom is 0.240 e. The molecule has 3 rings (SSSR count). The van der Waals surface area contributed by atoms with E-state index in [-0.39, 0.29) is 31.1 Å². The Bertz CT molecular complexity index is 730. The Morgan fingerprint density at radius 1 is 1.32 bits per heavy atom. The van der Waals surface area contributed by atoms with Gasteiger partial charge in [0.15, 0.2) is 11.5 Å². The minimum absolute atomic E-state index is 0.00530. The number of nitrogens with zero attached hydrogens (tertiary/aromatic N) is 1. The molecule has 9 heteroatoms. The highest BCUT2D eigenvalue weighted by atomic mass is 32.2. The summed E-state index contributed by atoms with van der Waals surface area (Å²) >= 11 is 0. The topological polar surface area (TPSA) is 94.2 Å². The first-order valence-electron chi connectivity index (χ1n) is 8.28. The monoisotopic (exact) mass is 370 g/mol. The van der Waals surface area contributed by atoms with E-state index < -0.39 is 10.0 Å². The second-order valence-electron chi connectivity index (χ2n) is 5.88. The second kappa shape index (κ2) is 7.49. The van der Waals surface area contributed by atoms with Crippen molar-refractivity contribution in [3.05, 3.63) is 18.2 Å². The number of carbonyl (C=O) groups excluding carboxylic acids is 1. The number of nitrogens with one attached hydrogen (secondary N) is 1. The number of benzene rings is 1. The van der Waals surface area contributed by atoms with Gasteiger partial charge in [0.1, 0.15) is 6.54 Å². The standard InChI is InChI=1S/C16H22N2O6S/c1-2-25(20,21)18(10-16(19)17-9-13-4-3-7-22-13)12-5-6-14-15(8-12)24-11-23-14/h5-6,8,13H,2-4,7,9-11H2,1H3,(H,17,19)/t13-/m1/s1. The molecule has 0 saturated carbocycles. The number of hydrogen-bond acceptors (Lipinski definition) is 6. The van der Waals surface area contributed by atoms with Crippen molar-refractivity contribution in [1.82, 2.24) is 5.32 Å². The largest absolute Gasteiger partial charge is 0.454 e. The maximum atomic E-state index is 12.4. The molecule has 1 fully saturated rings. The highest BCUT2D eigenvalue weighted by Gasteiger charge is 2.26. The number of amides is 1. The summed E-state index contributed by atoms with van der Waals surface area (Å²) < 4.78 is 42.0. The number of rotatable bonds is 7. The molecule has 0 aliphatic carbocycles. The molecule has 0 spiro atoms. The lowest BCUT2D eigenvalue weighted by atomic mass is 10.2. The zero-order valence-corrected chi connectivity index (χ0v) is 14.9. The number of anilines is 1. The predicted molar refractivity (Wildman–Crippen MR) is 91.4 cm³/mol. The number of sulfonamides is 1. The van der Waals surface area contributed by atoms with Crippen LogP contribution in [0.2, 0.25) is 0 Å². The van der Waals surface area contributed by atoms with Crippen LogP contribution in [0.1, 0.15) is 19.8 Å². The van der Waals surface area contributed by atoms with Gasteiger partial charge in [-0.2, -0.15) is 0 Å². The SMILES string of the molecule is CCS(=O)(=O)N(CC(=O)NC[C@H]1CCCO1)c1ccc2c(c1)OCO2. The van der Waals surface area contributed by atoms with Gasteiger partial charge in [0, 0.05) is 19.2 Å². The first kappa shape index (κ1) is 17.8. The van der Waals surface area contributed by atoms with E-state index in [4.69, 9.17) is 14.2 Å². The molecule has 2 aliphatic rings. The first-order valence-corrected chi connectivity index (χ1v) is 9.89. The Kier molecular flexibility index (Phi) is 5.33. The van der Waals surface area contributed by atoms with Gasteiger partial charge in [0.2, 0.25) is 22.7 Å². The fourth-order valence-electron chi connectivity index (χ4n) is 2.77. The van der Waals surface area contributed by atoms with Crippen LogP contribution in [0, 0.1) is 0 Å². The van der Waals surface area contributed by atoms with Gasteiger partial charge in [-0.1, -0.05) is 0 Å². The Hall–Kier alpha value is -2.00. The van der Waals surface area contributed by atoms with Crippen LogP contribution in [0.4, 0.5) is 5.69 Å². The lowest BCUT2D eigenvalue weighted by Crippen LogP contribution is -2.43. The summed E-state index contributed by atoms with van der Waals surface area (Å²) in [5.41, 5.74) is 0.373. The minimum Gasteiger partial charge on any atom is -0.454 e. The average Bonchev–Trinajstić information content (AvgIpc) is 3.28. The van der Waals surface area contributed by atoms with Crippen LogP contribution in [0.15, 0.2) is 18.2 Å². The highest BCUT2D eigenvalue weighted by Crippen LogP contribution is 2.36. The predicted octanol–water partition coefficient (Wildman–Crippen LogP) is 0.867. The molecule has 1 saturated heterocycles. The molecule has 0 unspecified atom stereocenters. The van der Waals surface area contributed by atoms with E-state index in [1.807, 2.05) is 0 Å². The van der Waals surface area contributed by atoms with Crippen LogP contribution < -0.4 is 19.1 Å². The average molecular weight is 370 g/mol. The van der Waals surface area contributed by atoms with Crippen LogP contribution in [0.5, 0.6) is 11.5 Å². The quantitative estimate of drug-likeness (QED) is 0.765. The van der Waals surface area contributed by atoms with Crippen molar-refractivity contribution in [2.24, 2.45) is 0 Å². The van der Waals surface area contributed by atoms with E-state index in [1.165, 1.54) is 0 Å². The molecular weight excluding hydrogens is 348 g/mol. The molecule has 2 aliphatic heterocycles. The molecule has 138 valence electrons. The van der Waals surface area contributed by atoms with Crippen LogP contribution in [-0.4, -0.2) is 52.7 Å². The molecule has 1 N–H and O–H groups in total. The lowest BCUT2D eigenvalue weighted by Gasteiger charge is -2.24. The molecular formula is C16H22N2O6S. The summed E-state index contributed by atoms with van der Waals surface area (Å²) in [7, 11) is -3.62. The Morgan fingerprint density at radius 2 is 2.12 bits per heavy atom. The molecule has 1 atom stereocenters. The van der Waals surface area contributed by atoms with Gasteiger partial charge < -0.3 is 19.5 Å². The fourth-order valence-corrected chi connectivity index (χ4v) is 3.83. The van der Waals surface area contributed by atoms with Gasteiger partial charge in [-0.05, 0) is 31.9 Å². The fraction of sp³-hybridized carbons (Fsp3) is 0.562. The summed E-state index contributed by atoms with van der Waals surface area (Å²) in [6, 6.07) is 4.82. The van der Waals surface area contributed by atoms with Gasteiger partial charge in [0.05, 0.1) is 17.5 Å². The maximum absolute atomic E-state index is 12.4. The van der Waals surface area contributed by atoms with Crippen molar-refractivity contribution >= 4 is 21.6 Å². The smallest absolute Gasteiger partial charge is 0.240 e. The molecule has 1 aromatic rings. The van der Waals surface area contributed by atoms with E-state index in [2.05, 4.69) is 5.32 Å². The highest BCUT2D eigenvalue weighted by molar-refractivity contribution is 7.92. The summed E-state index contributed by atoms with van der Waals surface area (Å²) in [5, 5.41) is 2.75. The molecule has 1 amide bonds. The van der Waals surface area contributed by atoms with Gasteiger partial charge in [-0.3, -0.25) is 9.10 Å². The molecule has 8 nitrogen and oxygen atoms in total. The van der Waals surface area contributed by atoms with Crippen molar-refractivity contribution < 1.29 is 27.4 Å². The van der Waals surface area contributed by atoms with E-state index in [1.54, 1.807) is 25.1 Å². The van der Waals surface area contributed by atoms with E-state index >= 15 is 0 Å². The molecule has 1 aromatic carbocycles. The number of carbonyl (C=O) groups is 1. The number of ether oxygens (including phenoxy) is 3.